The highest BCUT2D eigenvalue weighted by atomic mass is 19.1. The molecule has 2 amide bonds. The highest BCUT2D eigenvalue weighted by molar-refractivity contribution is 5.73. The van der Waals surface area contributed by atoms with Gasteiger partial charge in [-0.15, -0.1) is 0 Å². The molecule has 0 atom stereocenters. The van der Waals surface area contributed by atoms with Gasteiger partial charge in [0.15, 0.2) is 11.5 Å². The molecule has 1 aliphatic rings. The van der Waals surface area contributed by atoms with Crippen molar-refractivity contribution in [1.82, 2.24) is 10.6 Å². The zero-order valence-electron chi connectivity index (χ0n) is 12.9. The van der Waals surface area contributed by atoms with Crippen LogP contribution in [0.3, 0.4) is 0 Å². The predicted octanol–water partition coefficient (Wildman–Crippen LogP) is 2.43. The zero-order valence-corrected chi connectivity index (χ0v) is 12.9. The van der Waals surface area contributed by atoms with Crippen LogP contribution in [0.4, 0.5) is 9.18 Å². The molecule has 1 heterocycles. The van der Waals surface area contributed by atoms with Crippen LogP contribution in [-0.2, 0) is 6.54 Å². The third-order valence-corrected chi connectivity index (χ3v) is 3.36. The fraction of sp³-hybridized carbons (Fsp3) is 0.235. The Morgan fingerprint density at radius 3 is 2.71 bits per heavy atom. The van der Waals surface area contributed by atoms with E-state index in [2.05, 4.69) is 10.6 Å². The van der Waals surface area contributed by atoms with Crippen molar-refractivity contribution in [3.05, 3.63) is 53.8 Å². The van der Waals surface area contributed by atoms with Crippen molar-refractivity contribution in [2.24, 2.45) is 0 Å². The highest BCUT2D eigenvalue weighted by Gasteiger charge is 2.13. The number of halogens is 1. The molecular weight excluding hydrogens is 315 g/mol. The molecule has 2 aromatic rings. The van der Waals surface area contributed by atoms with E-state index in [1.807, 2.05) is 18.2 Å². The Kier molecular flexibility index (Phi) is 5.00. The maximum Gasteiger partial charge on any atom is 0.315 e. The summed E-state index contributed by atoms with van der Waals surface area (Å²) in [5, 5.41) is 5.43. The molecule has 0 aromatic heterocycles. The van der Waals surface area contributed by atoms with Crippen LogP contribution in [0.2, 0.25) is 0 Å². The Morgan fingerprint density at radius 2 is 1.88 bits per heavy atom. The van der Waals surface area contributed by atoms with E-state index >= 15 is 0 Å². The van der Waals surface area contributed by atoms with Crippen LogP contribution in [0, 0.1) is 5.82 Å². The molecular formula is C17H17FN2O4. The van der Waals surface area contributed by atoms with Gasteiger partial charge in [0.2, 0.25) is 6.79 Å². The van der Waals surface area contributed by atoms with Crippen LogP contribution < -0.4 is 24.8 Å². The Balaban J connectivity index is 1.34. The minimum Gasteiger partial charge on any atom is -0.492 e. The number of nitrogens with one attached hydrogen (secondary N) is 2. The van der Waals surface area contributed by atoms with E-state index in [-0.39, 0.29) is 18.6 Å². The Bertz CT molecular complexity index is 706. The van der Waals surface area contributed by atoms with E-state index in [0.717, 1.165) is 5.56 Å². The third kappa shape index (κ3) is 4.28. The van der Waals surface area contributed by atoms with Gasteiger partial charge < -0.3 is 24.8 Å². The summed E-state index contributed by atoms with van der Waals surface area (Å²) in [7, 11) is 0. The van der Waals surface area contributed by atoms with Crippen LogP contribution in [-0.4, -0.2) is 26.0 Å². The smallest absolute Gasteiger partial charge is 0.315 e. The molecule has 6 nitrogen and oxygen atoms in total. The van der Waals surface area contributed by atoms with Crippen LogP contribution in [0.25, 0.3) is 0 Å². The normalized spacial score (nSPS) is 11.9. The zero-order chi connectivity index (χ0) is 16.8. The summed E-state index contributed by atoms with van der Waals surface area (Å²) in [6, 6.07) is 10.9. The van der Waals surface area contributed by atoms with E-state index in [4.69, 9.17) is 14.2 Å². The lowest BCUT2D eigenvalue weighted by molar-refractivity contribution is 0.174. The van der Waals surface area contributed by atoms with Gasteiger partial charge in [-0.2, -0.15) is 0 Å². The van der Waals surface area contributed by atoms with Gasteiger partial charge in [-0.05, 0) is 42.0 Å². The van der Waals surface area contributed by atoms with Crippen LogP contribution in [0.5, 0.6) is 17.2 Å². The van der Waals surface area contributed by atoms with Gasteiger partial charge in [0.1, 0.15) is 18.2 Å². The van der Waals surface area contributed by atoms with E-state index in [1.165, 1.54) is 24.3 Å². The minimum atomic E-state index is -0.316. The second-order valence-electron chi connectivity index (χ2n) is 5.10. The maximum atomic E-state index is 12.7. The third-order valence-electron chi connectivity index (χ3n) is 3.36. The summed E-state index contributed by atoms with van der Waals surface area (Å²) in [5.74, 6) is 1.63. The van der Waals surface area contributed by atoms with Crippen molar-refractivity contribution in [2.75, 3.05) is 19.9 Å². The molecule has 1 aliphatic heterocycles. The first kappa shape index (κ1) is 15.9. The van der Waals surface area contributed by atoms with Crippen LogP contribution in [0.1, 0.15) is 5.56 Å². The first-order valence-corrected chi connectivity index (χ1v) is 7.49. The van der Waals surface area contributed by atoms with Crippen molar-refractivity contribution < 1.29 is 23.4 Å². The van der Waals surface area contributed by atoms with Gasteiger partial charge >= 0.3 is 6.03 Å². The predicted molar refractivity (Wildman–Crippen MR) is 84.7 cm³/mol. The summed E-state index contributed by atoms with van der Waals surface area (Å²) >= 11 is 0. The summed E-state index contributed by atoms with van der Waals surface area (Å²) in [6.07, 6.45) is 0. The number of hydrogen-bond donors (Lipinski definition) is 2. The largest absolute Gasteiger partial charge is 0.492 e. The molecule has 0 spiro atoms. The molecule has 126 valence electrons. The van der Waals surface area contributed by atoms with Gasteiger partial charge in [-0.3, -0.25) is 0 Å². The lowest BCUT2D eigenvalue weighted by Crippen LogP contribution is -2.37. The Labute approximate surface area is 138 Å². The number of fused-ring (bicyclic) bond motifs is 1. The first-order chi connectivity index (χ1) is 11.7. The molecule has 7 heteroatoms. The van der Waals surface area contributed by atoms with Gasteiger partial charge in [0, 0.05) is 6.54 Å². The fourth-order valence-corrected chi connectivity index (χ4v) is 2.16. The Hall–Kier alpha value is -2.96. The number of carbonyl (C=O) groups excluding carboxylic acids is 1. The van der Waals surface area contributed by atoms with Crippen molar-refractivity contribution in [2.45, 2.75) is 6.54 Å². The molecule has 0 aliphatic carbocycles. The van der Waals surface area contributed by atoms with Crippen molar-refractivity contribution in [3.8, 4) is 17.2 Å². The van der Waals surface area contributed by atoms with Crippen molar-refractivity contribution in [1.29, 1.82) is 0 Å². The monoisotopic (exact) mass is 332 g/mol. The standard InChI is InChI=1S/C17H17FN2O4/c18-13-2-4-14(5-3-13)22-8-7-19-17(21)20-10-12-1-6-15-16(9-12)24-11-23-15/h1-6,9H,7-8,10-11H2,(H2,19,20,21). The van der Waals surface area contributed by atoms with Crippen LogP contribution in [0.15, 0.2) is 42.5 Å². The summed E-state index contributed by atoms with van der Waals surface area (Å²) < 4.78 is 28.6. The fourth-order valence-electron chi connectivity index (χ4n) is 2.16. The second kappa shape index (κ2) is 7.54. The number of amides is 2. The number of ether oxygens (including phenoxy) is 3. The number of carbonyl (C=O) groups is 1. The molecule has 2 N–H and O–H groups in total. The SMILES string of the molecule is O=C(NCCOc1ccc(F)cc1)NCc1ccc2c(c1)OCO2. The average molecular weight is 332 g/mol. The molecule has 0 bridgehead atoms. The van der Waals surface area contributed by atoms with E-state index in [0.29, 0.717) is 36.9 Å². The molecule has 0 unspecified atom stereocenters. The molecule has 0 saturated carbocycles. The number of rotatable bonds is 6. The highest BCUT2D eigenvalue weighted by Crippen LogP contribution is 2.32. The quantitative estimate of drug-likeness (QED) is 0.797. The molecule has 3 rings (SSSR count). The Morgan fingerprint density at radius 1 is 1.08 bits per heavy atom. The van der Waals surface area contributed by atoms with Gasteiger partial charge in [-0.1, -0.05) is 6.07 Å². The first-order valence-electron chi connectivity index (χ1n) is 7.49. The maximum absolute atomic E-state index is 12.7. The van der Waals surface area contributed by atoms with Gasteiger partial charge in [0.05, 0.1) is 6.54 Å². The van der Waals surface area contributed by atoms with E-state index in [9.17, 15) is 9.18 Å². The molecule has 0 radical (unpaired) electrons. The molecule has 0 fully saturated rings. The number of benzene rings is 2. The molecule has 2 aromatic carbocycles. The second-order valence-corrected chi connectivity index (χ2v) is 5.10. The van der Waals surface area contributed by atoms with Crippen LogP contribution >= 0.6 is 0 Å². The van der Waals surface area contributed by atoms with Gasteiger partial charge in [-0.25, -0.2) is 9.18 Å². The molecule has 0 saturated heterocycles. The topological polar surface area (TPSA) is 68.8 Å². The average Bonchev–Trinajstić information content (AvgIpc) is 3.06. The van der Waals surface area contributed by atoms with E-state index < -0.39 is 0 Å². The minimum absolute atomic E-state index is 0.223. The molecule has 24 heavy (non-hydrogen) atoms. The summed E-state index contributed by atoms with van der Waals surface area (Å²) in [6.45, 7) is 1.23. The number of urea groups is 1. The lowest BCUT2D eigenvalue weighted by Gasteiger charge is -2.09. The van der Waals surface area contributed by atoms with Crippen molar-refractivity contribution in [3.63, 3.8) is 0 Å². The van der Waals surface area contributed by atoms with Gasteiger partial charge in [0.25, 0.3) is 0 Å². The number of hydrogen-bond acceptors (Lipinski definition) is 4. The lowest BCUT2D eigenvalue weighted by atomic mass is 10.2. The van der Waals surface area contributed by atoms with E-state index in [1.54, 1.807) is 0 Å². The summed E-state index contributed by atoms with van der Waals surface area (Å²) in [4.78, 5) is 11.7. The summed E-state index contributed by atoms with van der Waals surface area (Å²) in [5.41, 5.74) is 0.914. The van der Waals surface area contributed by atoms with Crippen molar-refractivity contribution >= 4 is 6.03 Å².